The van der Waals surface area contributed by atoms with Gasteiger partial charge < -0.3 is 15.0 Å². The van der Waals surface area contributed by atoms with E-state index in [1.165, 1.54) is 18.3 Å². The van der Waals surface area contributed by atoms with Gasteiger partial charge in [0.25, 0.3) is 0 Å². The maximum Gasteiger partial charge on any atom is 0.144 e. The van der Waals surface area contributed by atoms with Crippen molar-refractivity contribution in [2.24, 2.45) is 4.99 Å². The van der Waals surface area contributed by atoms with Crippen molar-refractivity contribution < 1.29 is 13.5 Å². The van der Waals surface area contributed by atoms with Gasteiger partial charge in [0.05, 0.1) is 42.6 Å². The van der Waals surface area contributed by atoms with Crippen LogP contribution in [0.15, 0.2) is 35.6 Å². The van der Waals surface area contributed by atoms with Crippen molar-refractivity contribution in [3.63, 3.8) is 0 Å². The van der Waals surface area contributed by atoms with Crippen molar-refractivity contribution in [1.82, 2.24) is 15.2 Å². The van der Waals surface area contributed by atoms with Crippen LogP contribution in [-0.2, 0) is 4.74 Å². The van der Waals surface area contributed by atoms with Crippen molar-refractivity contribution in [1.29, 1.82) is 0 Å². The Labute approximate surface area is 165 Å². The quantitative estimate of drug-likeness (QED) is 0.694. The normalized spacial score (nSPS) is 15.8. The average molecular weight is 396 g/mol. The Bertz CT molecular complexity index is 1100. The highest BCUT2D eigenvalue weighted by atomic mass is 19.1. The number of hydrogen-bond donors (Lipinski definition) is 2. The van der Waals surface area contributed by atoms with Crippen molar-refractivity contribution in [2.45, 2.75) is 6.92 Å². The monoisotopic (exact) mass is 396 g/mol. The van der Waals surface area contributed by atoms with Crippen molar-refractivity contribution in [2.75, 3.05) is 36.5 Å². The van der Waals surface area contributed by atoms with Crippen LogP contribution in [0.3, 0.4) is 0 Å². The van der Waals surface area contributed by atoms with Crippen LogP contribution >= 0.6 is 0 Å². The number of fused-ring (bicyclic) bond motifs is 3. The van der Waals surface area contributed by atoms with Crippen LogP contribution in [0, 0.1) is 18.6 Å². The van der Waals surface area contributed by atoms with E-state index in [1.54, 1.807) is 13.1 Å². The maximum atomic E-state index is 14.6. The van der Waals surface area contributed by atoms with Crippen molar-refractivity contribution in [3.05, 3.63) is 53.4 Å². The molecule has 4 heterocycles. The molecule has 0 aliphatic carbocycles. The molecule has 9 heteroatoms. The van der Waals surface area contributed by atoms with E-state index in [1.807, 2.05) is 6.07 Å². The molecule has 5 rings (SSSR count). The Morgan fingerprint density at radius 3 is 2.59 bits per heavy atom. The molecule has 29 heavy (non-hydrogen) atoms. The van der Waals surface area contributed by atoms with Crippen molar-refractivity contribution in [3.8, 4) is 11.3 Å². The first-order chi connectivity index (χ1) is 14.1. The van der Waals surface area contributed by atoms with Gasteiger partial charge in [0.1, 0.15) is 29.0 Å². The molecule has 3 aromatic rings. The minimum Gasteiger partial charge on any atom is -0.378 e. The van der Waals surface area contributed by atoms with Gasteiger partial charge in [0.15, 0.2) is 0 Å². The summed E-state index contributed by atoms with van der Waals surface area (Å²) < 4.78 is 34.6. The number of pyridine rings is 1. The SMILES string of the molecule is Cc1cc(F)c(C2=Nc3cn[nH]c3-c3cc(N4CCOCC4)ncc3N2)c(F)c1. The number of halogens is 2. The number of ether oxygens (including phenoxy) is 1. The van der Waals surface area contributed by atoms with E-state index in [-0.39, 0.29) is 11.4 Å². The zero-order chi connectivity index (χ0) is 20.0. The van der Waals surface area contributed by atoms with Crippen LogP contribution in [-0.4, -0.2) is 47.3 Å². The van der Waals surface area contributed by atoms with Crippen LogP contribution in [0.1, 0.15) is 11.1 Å². The van der Waals surface area contributed by atoms with Gasteiger partial charge in [-0.05, 0) is 30.7 Å². The molecule has 0 spiro atoms. The molecule has 0 atom stereocenters. The first-order valence-corrected chi connectivity index (χ1v) is 9.28. The summed E-state index contributed by atoms with van der Waals surface area (Å²) in [7, 11) is 0. The maximum absolute atomic E-state index is 14.6. The Morgan fingerprint density at radius 1 is 1.07 bits per heavy atom. The number of hydrogen-bond acceptors (Lipinski definition) is 6. The zero-order valence-electron chi connectivity index (χ0n) is 15.7. The molecule has 0 saturated carbocycles. The largest absolute Gasteiger partial charge is 0.378 e. The number of H-pyrrole nitrogens is 1. The highest BCUT2D eigenvalue weighted by molar-refractivity contribution is 6.13. The first-order valence-electron chi connectivity index (χ1n) is 9.28. The summed E-state index contributed by atoms with van der Waals surface area (Å²) in [4.78, 5) is 11.1. The molecule has 1 fully saturated rings. The lowest BCUT2D eigenvalue weighted by molar-refractivity contribution is 0.122. The number of nitrogens with one attached hydrogen (secondary N) is 2. The molecule has 2 aliphatic heterocycles. The first kappa shape index (κ1) is 17.7. The van der Waals surface area contributed by atoms with Gasteiger partial charge in [-0.25, -0.2) is 18.8 Å². The summed E-state index contributed by atoms with van der Waals surface area (Å²) in [6.07, 6.45) is 3.18. The smallest absolute Gasteiger partial charge is 0.144 e. The summed E-state index contributed by atoms with van der Waals surface area (Å²) >= 11 is 0. The second kappa shape index (κ2) is 6.93. The van der Waals surface area contributed by atoms with Gasteiger partial charge in [0.2, 0.25) is 0 Å². The van der Waals surface area contributed by atoms with Crippen LogP contribution in [0.25, 0.3) is 11.3 Å². The predicted octanol–water partition coefficient (Wildman–Crippen LogP) is 3.40. The minimum atomic E-state index is -0.680. The van der Waals surface area contributed by atoms with Gasteiger partial charge in [0, 0.05) is 18.7 Å². The minimum absolute atomic E-state index is 0.0716. The molecule has 2 aliphatic rings. The zero-order valence-corrected chi connectivity index (χ0v) is 15.7. The van der Waals surface area contributed by atoms with Gasteiger partial charge in [-0.2, -0.15) is 5.10 Å². The third-order valence-electron chi connectivity index (χ3n) is 5.02. The van der Waals surface area contributed by atoms with E-state index in [4.69, 9.17) is 4.74 Å². The number of aromatic amines is 1. The second-order valence-corrected chi connectivity index (χ2v) is 7.01. The van der Waals surface area contributed by atoms with Gasteiger partial charge in [-0.1, -0.05) is 0 Å². The molecule has 0 bridgehead atoms. The van der Waals surface area contributed by atoms with E-state index in [2.05, 4.69) is 30.4 Å². The van der Waals surface area contributed by atoms with Crippen LogP contribution in [0.5, 0.6) is 0 Å². The van der Waals surface area contributed by atoms with E-state index in [0.717, 1.165) is 24.5 Å². The van der Waals surface area contributed by atoms with E-state index < -0.39 is 11.6 Å². The Hall–Kier alpha value is -3.33. The van der Waals surface area contributed by atoms with Gasteiger partial charge in [-0.3, -0.25) is 5.10 Å². The molecule has 0 radical (unpaired) electrons. The van der Waals surface area contributed by atoms with E-state index in [0.29, 0.717) is 35.8 Å². The van der Waals surface area contributed by atoms with Crippen LogP contribution in [0.4, 0.5) is 26.0 Å². The molecule has 1 saturated heterocycles. The predicted molar refractivity (Wildman–Crippen MR) is 106 cm³/mol. The summed E-state index contributed by atoms with van der Waals surface area (Å²) in [6, 6.07) is 4.49. The molecular weight excluding hydrogens is 378 g/mol. The van der Waals surface area contributed by atoms with Gasteiger partial charge in [-0.15, -0.1) is 0 Å². The van der Waals surface area contributed by atoms with E-state index in [9.17, 15) is 8.78 Å². The molecule has 2 N–H and O–H groups in total. The van der Waals surface area contributed by atoms with E-state index >= 15 is 0 Å². The number of aliphatic imine (C=N–C) groups is 1. The van der Waals surface area contributed by atoms with Crippen molar-refractivity contribution >= 4 is 23.0 Å². The number of nitrogens with zero attached hydrogens (tertiary/aromatic N) is 4. The standard InChI is InChI=1S/C20H18F2N6O/c1-11-6-13(21)18(14(22)7-11)20-25-15-9-23-17(28-2-4-29-5-3-28)8-12(15)19-16(26-20)10-24-27-19/h6-10H,2-5H2,1H3,(H,24,27)(H,25,26). The van der Waals surface area contributed by atoms with Crippen LogP contribution < -0.4 is 10.2 Å². The summed E-state index contributed by atoms with van der Waals surface area (Å²) in [5.41, 5.74) is 2.80. The topological polar surface area (TPSA) is 78.4 Å². The Balaban J connectivity index is 1.62. The number of morpholine rings is 1. The fraction of sp³-hybridized carbons (Fsp3) is 0.250. The number of aryl methyl sites for hydroxylation is 1. The lowest BCUT2D eigenvalue weighted by atomic mass is 10.1. The highest BCUT2D eigenvalue weighted by Gasteiger charge is 2.24. The third-order valence-corrected chi connectivity index (χ3v) is 5.02. The number of aromatic nitrogens is 3. The summed E-state index contributed by atoms with van der Waals surface area (Å²) in [5.74, 6) is -0.492. The highest BCUT2D eigenvalue weighted by Crippen LogP contribution is 2.38. The molecule has 7 nitrogen and oxygen atoms in total. The fourth-order valence-corrected chi connectivity index (χ4v) is 3.60. The second-order valence-electron chi connectivity index (χ2n) is 7.01. The number of benzene rings is 1. The van der Waals surface area contributed by atoms with Crippen LogP contribution in [0.2, 0.25) is 0 Å². The number of amidine groups is 1. The fourth-order valence-electron chi connectivity index (χ4n) is 3.60. The Kier molecular flexibility index (Phi) is 4.24. The van der Waals surface area contributed by atoms with Gasteiger partial charge >= 0.3 is 0 Å². The third kappa shape index (κ3) is 3.13. The lowest BCUT2D eigenvalue weighted by Crippen LogP contribution is -2.36. The molecule has 2 aromatic heterocycles. The summed E-state index contributed by atoms with van der Waals surface area (Å²) in [5, 5.41) is 10.1. The molecule has 0 unspecified atom stereocenters. The number of anilines is 2. The average Bonchev–Trinajstić information content (AvgIpc) is 3.10. The molecule has 148 valence electrons. The molecular formula is C20H18F2N6O. The number of rotatable bonds is 2. The lowest BCUT2D eigenvalue weighted by Gasteiger charge is -2.28. The molecule has 0 amide bonds. The summed E-state index contributed by atoms with van der Waals surface area (Å²) in [6.45, 7) is 4.42. The Morgan fingerprint density at radius 2 is 1.83 bits per heavy atom. The molecule has 1 aromatic carbocycles.